The molecule has 3 heterocycles. The standard InChI is InChI=1S/C16H25N3OS/c1-2-8-18-9-11-19(12-10-18)16(20)15-6-5-14(21-15)13-4-3-7-17-13/h5-6,13,17H,2-4,7-12H2,1H3. The van der Waals surface area contributed by atoms with Crippen molar-refractivity contribution in [3.8, 4) is 0 Å². The fourth-order valence-electron chi connectivity index (χ4n) is 3.23. The lowest BCUT2D eigenvalue weighted by atomic mass is 10.2. The molecule has 0 bridgehead atoms. The maximum absolute atomic E-state index is 12.6. The van der Waals surface area contributed by atoms with Crippen LogP contribution in [0.4, 0.5) is 0 Å². The highest BCUT2D eigenvalue weighted by atomic mass is 32.1. The highest BCUT2D eigenvalue weighted by Gasteiger charge is 2.24. The third kappa shape index (κ3) is 3.47. The second-order valence-corrected chi connectivity index (χ2v) is 7.10. The molecule has 2 aliphatic rings. The molecule has 1 N–H and O–H groups in total. The molecule has 1 aromatic heterocycles. The third-order valence-corrected chi connectivity index (χ3v) is 5.63. The molecule has 1 aromatic rings. The van der Waals surface area contributed by atoms with Crippen molar-refractivity contribution in [2.75, 3.05) is 39.3 Å². The van der Waals surface area contributed by atoms with Gasteiger partial charge in [-0.1, -0.05) is 6.92 Å². The maximum atomic E-state index is 12.6. The van der Waals surface area contributed by atoms with Crippen molar-refractivity contribution in [1.82, 2.24) is 15.1 Å². The van der Waals surface area contributed by atoms with E-state index in [0.29, 0.717) is 6.04 Å². The second-order valence-electron chi connectivity index (χ2n) is 5.98. The van der Waals surface area contributed by atoms with E-state index in [2.05, 4.69) is 23.2 Å². The van der Waals surface area contributed by atoms with Crippen LogP contribution in [0.5, 0.6) is 0 Å². The summed E-state index contributed by atoms with van der Waals surface area (Å²) in [6.45, 7) is 8.23. The molecule has 2 saturated heterocycles. The highest BCUT2D eigenvalue weighted by molar-refractivity contribution is 7.14. The SMILES string of the molecule is CCCN1CCN(C(=O)c2ccc(C3CCCN3)s2)CC1. The van der Waals surface area contributed by atoms with Gasteiger partial charge in [-0.05, 0) is 44.5 Å². The first-order valence-corrected chi connectivity index (χ1v) is 8.94. The van der Waals surface area contributed by atoms with Gasteiger partial charge in [0.1, 0.15) is 0 Å². The van der Waals surface area contributed by atoms with Crippen molar-refractivity contribution in [3.63, 3.8) is 0 Å². The molecule has 2 aliphatic heterocycles. The zero-order chi connectivity index (χ0) is 14.7. The first-order chi connectivity index (χ1) is 10.3. The Morgan fingerprint density at radius 2 is 2.14 bits per heavy atom. The molecule has 0 saturated carbocycles. The lowest BCUT2D eigenvalue weighted by Gasteiger charge is -2.34. The van der Waals surface area contributed by atoms with Crippen LogP contribution in [0.15, 0.2) is 12.1 Å². The van der Waals surface area contributed by atoms with Gasteiger partial charge in [-0.3, -0.25) is 9.69 Å². The number of nitrogens with zero attached hydrogens (tertiary/aromatic N) is 2. The number of piperazine rings is 1. The van der Waals surface area contributed by atoms with E-state index in [0.717, 1.165) is 44.1 Å². The fourth-order valence-corrected chi connectivity index (χ4v) is 4.32. The topological polar surface area (TPSA) is 35.6 Å². The monoisotopic (exact) mass is 307 g/mol. The third-order valence-electron chi connectivity index (χ3n) is 4.44. The van der Waals surface area contributed by atoms with Crippen molar-refractivity contribution in [2.24, 2.45) is 0 Å². The number of hydrogen-bond donors (Lipinski definition) is 1. The van der Waals surface area contributed by atoms with Crippen LogP contribution in [-0.2, 0) is 0 Å². The predicted molar refractivity (Wildman–Crippen MR) is 86.9 cm³/mol. The summed E-state index contributed by atoms with van der Waals surface area (Å²) in [6, 6.07) is 4.62. The van der Waals surface area contributed by atoms with Gasteiger partial charge in [0.05, 0.1) is 4.88 Å². The summed E-state index contributed by atoms with van der Waals surface area (Å²) >= 11 is 1.68. The van der Waals surface area contributed by atoms with Gasteiger partial charge in [-0.25, -0.2) is 0 Å². The van der Waals surface area contributed by atoms with Crippen molar-refractivity contribution in [3.05, 3.63) is 21.9 Å². The number of thiophene rings is 1. The van der Waals surface area contributed by atoms with E-state index in [1.54, 1.807) is 11.3 Å². The van der Waals surface area contributed by atoms with Crippen LogP contribution >= 0.6 is 11.3 Å². The van der Waals surface area contributed by atoms with Gasteiger partial charge in [-0.2, -0.15) is 0 Å². The van der Waals surface area contributed by atoms with Gasteiger partial charge >= 0.3 is 0 Å². The van der Waals surface area contributed by atoms with Gasteiger partial charge in [0.25, 0.3) is 5.91 Å². The summed E-state index contributed by atoms with van der Waals surface area (Å²) in [7, 11) is 0. The van der Waals surface area contributed by atoms with E-state index >= 15 is 0 Å². The van der Waals surface area contributed by atoms with E-state index in [4.69, 9.17) is 0 Å². The zero-order valence-electron chi connectivity index (χ0n) is 12.8. The summed E-state index contributed by atoms with van der Waals surface area (Å²) in [5.41, 5.74) is 0. The Morgan fingerprint density at radius 3 is 2.81 bits per heavy atom. The molecule has 21 heavy (non-hydrogen) atoms. The molecule has 0 aromatic carbocycles. The normalized spacial score (nSPS) is 23.7. The van der Waals surface area contributed by atoms with Crippen molar-refractivity contribution < 1.29 is 4.79 Å². The van der Waals surface area contributed by atoms with Crippen molar-refractivity contribution in [2.45, 2.75) is 32.2 Å². The molecule has 4 nitrogen and oxygen atoms in total. The number of rotatable bonds is 4. The van der Waals surface area contributed by atoms with Gasteiger partial charge in [0, 0.05) is 37.1 Å². The maximum Gasteiger partial charge on any atom is 0.264 e. The molecule has 1 unspecified atom stereocenters. The lowest BCUT2D eigenvalue weighted by Crippen LogP contribution is -2.48. The Morgan fingerprint density at radius 1 is 1.33 bits per heavy atom. The minimum Gasteiger partial charge on any atom is -0.335 e. The van der Waals surface area contributed by atoms with Crippen LogP contribution in [0.2, 0.25) is 0 Å². The Labute approximate surface area is 131 Å². The Kier molecular flexibility index (Phi) is 4.93. The van der Waals surface area contributed by atoms with Crippen LogP contribution in [-0.4, -0.2) is 55.0 Å². The van der Waals surface area contributed by atoms with Gasteiger partial charge in [0.2, 0.25) is 0 Å². The van der Waals surface area contributed by atoms with E-state index in [1.807, 2.05) is 11.0 Å². The van der Waals surface area contributed by atoms with E-state index < -0.39 is 0 Å². The van der Waals surface area contributed by atoms with Crippen LogP contribution in [0, 0.1) is 0 Å². The van der Waals surface area contributed by atoms with Crippen LogP contribution in [0.25, 0.3) is 0 Å². The molecule has 0 aliphatic carbocycles. The molecule has 0 radical (unpaired) electrons. The molecule has 5 heteroatoms. The molecule has 1 amide bonds. The smallest absolute Gasteiger partial charge is 0.264 e. The number of amides is 1. The molecule has 0 spiro atoms. The number of hydrogen-bond acceptors (Lipinski definition) is 4. The molecule has 3 rings (SSSR count). The van der Waals surface area contributed by atoms with Crippen molar-refractivity contribution in [1.29, 1.82) is 0 Å². The zero-order valence-corrected chi connectivity index (χ0v) is 13.6. The summed E-state index contributed by atoms with van der Waals surface area (Å²) in [5.74, 6) is 0.223. The lowest BCUT2D eigenvalue weighted by molar-refractivity contribution is 0.0642. The molecule has 1 atom stereocenters. The minimum atomic E-state index is 0.223. The van der Waals surface area contributed by atoms with Crippen LogP contribution in [0.3, 0.4) is 0 Å². The fraction of sp³-hybridized carbons (Fsp3) is 0.688. The quantitative estimate of drug-likeness (QED) is 0.927. The number of carbonyl (C=O) groups is 1. The first-order valence-electron chi connectivity index (χ1n) is 8.12. The first kappa shape index (κ1) is 15.0. The average molecular weight is 307 g/mol. The molecule has 116 valence electrons. The molecular formula is C16H25N3OS. The van der Waals surface area contributed by atoms with Gasteiger partial charge in [-0.15, -0.1) is 11.3 Å². The molecular weight excluding hydrogens is 282 g/mol. The van der Waals surface area contributed by atoms with E-state index in [1.165, 1.54) is 24.1 Å². The number of carbonyl (C=O) groups excluding carboxylic acids is 1. The van der Waals surface area contributed by atoms with Crippen LogP contribution < -0.4 is 5.32 Å². The second kappa shape index (κ2) is 6.90. The summed E-state index contributed by atoms with van der Waals surface area (Å²) in [6.07, 6.45) is 3.63. The van der Waals surface area contributed by atoms with Gasteiger partial charge < -0.3 is 10.2 Å². The minimum absolute atomic E-state index is 0.223. The Balaban J connectivity index is 1.58. The largest absolute Gasteiger partial charge is 0.335 e. The van der Waals surface area contributed by atoms with Gasteiger partial charge in [0.15, 0.2) is 0 Å². The highest BCUT2D eigenvalue weighted by Crippen LogP contribution is 2.30. The predicted octanol–water partition coefficient (Wildman–Crippen LogP) is 2.34. The molecule has 2 fully saturated rings. The number of nitrogens with one attached hydrogen (secondary N) is 1. The Hall–Kier alpha value is -0.910. The summed E-state index contributed by atoms with van der Waals surface area (Å²) in [5, 5.41) is 3.50. The summed E-state index contributed by atoms with van der Waals surface area (Å²) < 4.78 is 0. The van der Waals surface area contributed by atoms with E-state index in [9.17, 15) is 4.79 Å². The Bertz CT molecular complexity index is 474. The van der Waals surface area contributed by atoms with Crippen LogP contribution in [0.1, 0.15) is 46.8 Å². The van der Waals surface area contributed by atoms with E-state index in [-0.39, 0.29) is 5.91 Å². The summed E-state index contributed by atoms with van der Waals surface area (Å²) in [4.78, 5) is 19.3. The average Bonchev–Trinajstić information content (AvgIpc) is 3.19. The van der Waals surface area contributed by atoms with Crippen molar-refractivity contribution >= 4 is 17.2 Å².